The van der Waals surface area contributed by atoms with E-state index in [4.69, 9.17) is 16.3 Å². The number of benzene rings is 1. The first-order chi connectivity index (χ1) is 9.95. The summed E-state index contributed by atoms with van der Waals surface area (Å²) in [6, 6.07) is 5.21. The summed E-state index contributed by atoms with van der Waals surface area (Å²) in [7, 11) is -0.281. The predicted molar refractivity (Wildman–Crippen MR) is 83.8 cm³/mol. The second-order valence-corrected chi connectivity index (χ2v) is 7.65. The smallest absolute Gasteiger partial charge is 0.282 e. The van der Waals surface area contributed by atoms with E-state index in [0.29, 0.717) is 23.9 Å². The van der Waals surface area contributed by atoms with Crippen molar-refractivity contribution in [3.8, 4) is 5.75 Å². The molecule has 1 saturated heterocycles. The van der Waals surface area contributed by atoms with Crippen molar-refractivity contribution < 1.29 is 13.2 Å². The van der Waals surface area contributed by atoms with Crippen LogP contribution in [0.3, 0.4) is 0 Å². The normalized spacial score (nSPS) is 17.1. The maximum Gasteiger partial charge on any atom is 0.282 e. The van der Waals surface area contributed by atoms with Gasteiger partial charge in [-0.1, -0.05) is 18.0 Å². The molecule has 1 aromatic rings. The summed E-state index contributed by atoms with van der Waals surface area (Å²) in [4.78, 5) is 0. The number of nitrogens with zero attached hydrogens (tertiary/aromatic N) is 2. The van der Waals surface area contributed by atoms with E-state index >= 15 is 0 Å². The number of methoxy groups -OCH3 is 1. The summed E-state index contributed by atoms with van der Waals surface area (Å²) in [5.41, 5.74) is 0.757. The van der Waals surface area contributed by atoms with Crippen LogP contribution in [0.5, 0.6) is 5.75 Å². The van der Waals surface area contributed by atoms with Gasteiger partial charge in [0.05, 0.1) is 7.11 Å². The van der Waals surface area contributed by atoms with Gasteiger partial charge in [0, 0.05) is 37.3 Å². The lowest BCUT2D eigenvalue weighted by molar-refractivity contribution is 0.312. The second-order valence-electron chi connectivity index (χ2n) is 5.18. The van der Waals surface area contributed by atoms with Crippen molar-refractivity contribution in [3.63, 3.8) is 0 Å². The van der Waals surface area contributed by atoms with Crippen LogP contribution >= 0.6 is 11.6 Å². The molecule has 0 N–H and O–H groups in total. The van der Waals surface area contributed by atoms with Gasteiger partial charge in [0.2, 0.25) is 0 Å². The van der Waals surface area contributed by atoms with E-state index in [-0.39, 0.29) is 6.54 Å². The van der Waals surface area contributed by atoms with Crippen LogP contribution in [-0.4, -0.2) is 44.3 Å². The van der Waals surface area contributed by atoms with E-state index in [0.717, 1.165) is 24.8 Å². The Morgan fingerprint density at radius 2 is 1.95 bits per heavy atom. The zero-order valence-electron chi connectivity index (χ0n) is 12.4. The number of hydrogen-bond donors (Lipinski definition) is 0. The van der Waals surface area contributed by atoms with Crippen LogP contribution in [0.15, 0.2) is 18.2 Å². The monoisotopic (exact) mass is 332 g/mol. The number of piperidine rings is 1. The molecule has 7 heteroatoms. The summed E-state index contributed by atoms with van der Waals surface area (Å²) in [5.74, 6) is 0.639. The Labute approximate surface area is 131 Å². The Kier molecular flexibility index (Phi) is 5.48. The number of halogens is 1. The molecule has 0 bridgehead atoms. The van der Waals surface area contributed by atoms with Gasteiger partial charge >= 0.3 is 0 Å². The topological polar surface area (TPSA) is 49.9 Å². The molecule has 1 fully saturated rings. The van der Waals surface area contributed by atoms with E-state index in [1.54, 1.807) is 36.7 Å². The molecule has 0 radical (unpaired) electrons. The highest BCUT2D eigenvalue weighted by molar-refractivity contribution is 7.86. The molecule has 118 valence electrons. The van der Waals surface area contributed by atoms with Crippen molar-refractivity contribution in [2.75, 3.05) is 27.2 Å². The molecule has 1 aliphatic heterocycles. The lowest BCUT2D eigenvalue weighted by Gasteiger charge is -2.30. The zero-order chi connectivity index (χ0) is 15.5. The summed E-state index contributed by atoms with van der Waals surface area (Å²) in [6.45, 7) is 1.43. The van der Waals surface area contributed by atoms with Gasteiger partial charge in [0.15, 0.2) is 0 Å². The van der Waals surface area contributed by atoms with Crippen LogP contribution in [0.4, 0.5) is 0 Å². The maximum absolute atomic E-state index is 12.6. The van der Waals surface area contributed by atoms with Crippen LogP contribution in [0.1, 0.15) is 24.8 Å². The lowest BCUT2D eigenvalue weighted by atomic mass is 10.2. The highest BCUT2D eigenvalue weighted by atomic mass is 35.5. The van der Waals surface area contributed by atoms with Crippen molar-refractivity contribution in [2.45, 2.75) is 25.8 Å². The SMILES string of the molecule is COc1ccc(Cl)cc1CN(C)S(=O)(=O)N1CCCCC1. The standard InChI is InChI=1S/C14H21ClN2O3S/c1-16(21(18,19)17-8-4-3-5-9-17)11-12-10-13(15)6-7-14(12)20-2/h6-7,10H,3-5,8-9,11H2,1-2H3. The van der Waals surface area contributed by atoms with Gasteiger partial charge in [0.25, 0.3) is 10.2 Å². The minimum absolute atomic E-state index is 0.239. The molecule has 1 aromatic carbocycles. The molecule has 0 saturated carbocycles. The van der Waals surface area contributed by atoms with Gasteiger partial charge in [-0.05, 0) is 31.0 Å². The van der Waals surface area contributed by atoms with Crippen molar-refractivity contribution in [1.82, 2.24) is 8.61 Å². The first-order valence-electron chi connectivity index (χ1n) is 6.99. The van der Waals surface area contributed by atoms with E-state index in [1.807, 2.05) is 0 Å². The first-order valence-corrected chi connectivity index (χ1v) is 8.76. The fraction of sp³-hybridized carbons (Fsp3) is 0.571. The summed E-state index contributed by atoms with van der Waals surface area (Å²) >= 11 is 5.99. The van der Waals surface area contributed by atoms with Gasteiger partial charge < -0.3 is 4.74 Å². The molecule has 1 aliphatic rings. The third-order valence-electron chi connectivity index (χ3n) is 3.67. The molecule has 0 unspecified atom stereocenters. The second kappa shape index (κ2) is 6.96. The molecule has 0 spiro atoms. The van der Waals surface area contributed by atoms with Crippen molar-refractivity contribution in [3.05, 3.63) is 28.8 Å². The molecule has 21 heavy (non-hydrogen) atoms. The molecule has 0 atom stereocenters. The zero-order valence-corrected chi connectivity index (χ0v) is 14.0. The lowest BCUT2D eigenvalue weighted by Crippen LogP contribution is -2.44. The summed E-state index contributed by atoms with van der Waals surface area (Å²) in [5, 5.41) is 0.564. The van der Waals surface area contributed by atoms with Crippen molar-refractivity contribution >= 4 is 21.8 Å². The van der Waals surface area contributed by atoms with Gasteiger partial charge in [-0.2, -0.15) is 17.0 Å². The van der Waals surface area contributed by atoms with Crippen molar-refractivity contribution in [1.29, 1.82) is 0 Å². The Balaban J connectivity index is 2.16. The third kappa shape index (κ3) is 3.88. The molecule has 1 heterocycles. The minimum atomic E-state index is -3.43. The predicted octanol–water partition coefficient (Wildman–Crippen LogP) is 2.51. The largest absolute Gasteiger partial charge is 0.496 e. The molecule has 2 rings (SSSR count). The van der Waals surface area contributed by atoms with Crippen LogP contribution in [0, 0.1) is 0 Å². The van der Waals surface area contributed by atoms with E-state index in [1.165, 1.54) is 4.31 Å². The molecule has 0 amide bonds. The van der Waals surface area contributed by atoms with Gasteiger partial charge in [-0.15, -0.1) is 0 Å². The Morgan fingerprint density at radius 3 is 2.57 bits per heavy atom. The third-order valence-corrected chi connectivity index (χ3v) is 5.84. The number of ether oxygens (including phenoxy) is 1. The Bertz CT molecular complexity index is 586. The summed E-state index contributed by atoms with van der Waals surface area (Å²) < 4.78 is 33.3. The maximum atomic E-state index is 12.6. The number of hydrogen-bond acceptors (Lipinski definition) is 3. The van der Waals surface area contributed by atoms with E-state index < -0.39 is 10.2 Å². The van der Waals surface area contributed by atoms with Crippen LogP contribution in [-0.2, 0) is 16.8 Å². The highest BCUT2D eigenvalue weighted by Crippen LogP contribution is 2.25. The number of rotatable bonds is 5. The molecular formula is C14H21ClN2O3S. The van der Waals surface area contributed by atoms with Gasteiger partial charge in [0.1, 0.15) is 5.75 Å². The minimum Gasteiger partial charge on any atom is -0.496 e. The van der Waals surface area contributed by atoms with Gasteiger partial charge in [-0.3, -0.25) is 0 Å². The molecule has 0 aliphatic carbocycles. The molecule has 5 nitrogen and oxygen atoms in total. The first kappa shape index (κ1) is 16.5. The van der Waals surface area contributed by atoms with E-state index in [2.05, 4.69) is 0 Å². The Morgan fingerprint density at radius 1 is 1.29 bits per heavy atom. The molecule has 0 aromatic heterocycles. The van der Waals surface area contributed by atoms with E-state index in [9.17, 15) is 8.42 Å². The summed E-state index contributed by atoms with van der Waals surface area (Å²) in [6.07, 6.45) is 2.94. The average Bonchev–Trinajstić information content (AvgIpc) is 2.48. The fourth-order valence-corrected chi connectivity index (χ4v) is 4.10. The van der Waals surface area contributed by atoms with Crippen LogP contribution in [0.25, 0.3) is 0 Å². The van der Waals surface area contributed by atoms with Crippen molar-refractivity contribution in [2.24, 2.45) is 0 Å². The van der Waals surface area contributed by atoms with Crippen LogP contribution in [0.2, 0.25) is 5.02 Å². The molecular weight excluding hydrogens is 312 g/mol. The quantitative estimate of drug-likeness (QED) is 0.832. The van der Waals surface area contributed by atoms with Crippen LogP contribution < -0.4 is 4.74 Å². The Hall–Kier alpha value is -0.820. The fourth-order valence-electron chi connectivity index (χ4n) is 2.48. The highest BCUT2D eigenvalue weighted by Gasteiger charge is 2.28. The average molecular weight is 333 g/mol. The van der Waals surface area contributed by atoms with Gasteiger partial charge in [-0.25, -0.2) is 0 Å².